The predicted molar refractivity (Wildman–Crippen MR) is 106 cm³/mol. The molecule has 25 heavy (non-hydrogen) atoms. The Morgan fingerprint density at radius 3 is 2.72 bits per heavy atom. The van der Waals surface area contributed by atoms with Crippen LogP contribution in [0.15, 0.2) is 24.3 Å². The van der Waals surface area contributed by atoms with Crippen molar-refractivity contribution in [3.05, 3.63) is 29.8 Å². The van der Waals surface area contributed by atoms with E-state index in [1.54, 1.807) is 0 Å². The highest BCUT2D eigenvalue weighted by Crippen LogP contribution is 2.24. The summed E-state index contributed by atoms with van der Waals surface area (Å²) in [5, 5.41) is 6.35. The molecule has 1 unspecified atom stereocenters. The monoisotopic (exact) mass is 389 g/mol. The molecule has 2 fully saturated rings. The van der Waals surface area contributed by atoms with Gasteiger partial charge in [0.05, 0.1) is 18.8 Å². The molecule has 2 aliphatic heterocycles. The number of carbonyl (C=O) groups excluding carboxylic acids is 1. The summed E-state index contributed by atoms with van der Waals surface area (Å²) in [6.45, 7) is 7.63. The minimum Gasteiger partial charge on any atom is -0.375 e. The molecule has 2 aliphatic rings. The molecule has 0 saturated carbocycles. The van der Waals surface area contributed by atoms with E-state index < -0.39 is 0 Å². The number of rotatable bonds is 4. The van der Waals surface area contributed by atoms with Crippen LogP contribution in [0.4, 0.5) is 5.69 Å². The lowest BCUT2D eigenvalue weighted by Gasteiger charge is -2.30. The van der Waals surface area contributed by atoms with Crippen LogP contribution in [0.2, 0.25) is 0 Å². The molecule has 3 atom stereocenters. The van der Waals surface area contributed by atoms with E-state index in [0.29, 0.717) is 6.61 Å². The summed E-state index contributed by atoms with van der Waals surface area (Å²) in [6, 6.07) is 8.23. The highest BCUT2D eigenvalue weighted by molar-refractivity contribution is 5.85. The lowest BCUT2D eigenvalue weighted by Crippen LogP contribution is -2.55. The number of anilines is 1. The maximum Gasteiger partial charge on any atom is 0.240 e. The van der Waals surface area contributed by atoms with Crippen LogP contribution in [0.25, 0.3) is 0 Å². The lowest BCUT2D eigenvalue weighted by atomic mass is 10.1. The van der Waals surface area contributed by atoms with E-state index in [1.807, 2.05) is 13.8 Å². The molecule has 0 aliphatic carbocycles. The molecule has 142 valence electrons. The quantitative estimate of drug-likeness (QED) is 0.830. The second-order valence-corrected chi connectivity index (χ2v) is 6.53. The topological polar surface area (TPSA) is 53.6 Å². The maximum absolute atomic E-state index is 12.5. The molecule has 1 aromatic rings. The first-order valence-electron chi connectivity index (χ1n) is 8.65. The molecule has 0 bridgehead atoms. The third-order valence-corrected chi connectivity index (χ3v) is 4.80. The number of hydrogen-bond donors (Lipinski definition) is 2. The van der Waals surface area contributed by atoms with Crippen LogP contribution >= 0.6 is 24.8 Å². The van der Waals surface area contributed by atoms with Crippen molar-refractivity contribution >= 4 is 36.4 Å². The number of nitrogens with zero attached hydrogens (tertiary/aromatic N) is 1. The number of nitrogens with one attached hydrogen (secondary N) is 2. The van der Waals surface area contributed by atoms with Crippen LogP contribution < -0.4 is 15.5 Å². The van der Waals surface area contributed by atoms with E-state index in [1.165, 1.54) is 18.5 Å². The van der Waals surface area contributed by atoms with Gasteiger partial charge in [0.15, 0.2) is 0 Å². The smallest absolute Gasteiger partial charge is 0.240 e. The Labute approximate surface area is 162 Å². The summed E-state index contributed by atoms with van der Waals surface area (Å²) in [5.41, 5.74) is 2.40. The second kappa shape index (κ2) is 10.2. The van der Waals surface area contributed by atoms with Crippen LogP contribution in [0.5, 0.6) is 0 Å². The van der Waals surface area contributed by atoms with Gasteiger partial charge in [0.1, 0.15) is 6.04 Å². The van der Waals surface area contributed by atoms with E-state index in [0.717, 1.165) is 25.2 Å². The van der Waals surface area contributed by atoms with Gasteiger partial charge >= 0.3 is 0 Å². The molecule has 3 rings (SSSR count). The zero-order valence-electron chi connectivity index (χ0n) is 14.9. The molecular formula is C18H29Cl2N3O2. The summed E-state index contributed by atoms with van der Waals surface area (Å²) < 4.78 is 5.56. The maximum atomic E-state index is 12.5. The summed E-state index contributed by atoms with van der Waals surface area (Å²) in [4.78, 5) is 14.9. The van der Waals surface area contributed by atoms with E-state index in [9.17, 15) is 4.79 Å². The fraction of sp³-hybridized carbons (Fsp3) is 0.611. The normalized spacial score (nSPS) is 24.0. The largest absolute Gasteiger partial charge is 0.375 e. The second-order valence-electron chi connectivity index (χ2n) is 6.53. The minimum atomic E-state index is -0.270. The average molecular weight is 390 g/mol. The predicted octanol–water partition coefficient (Wildman–Crippen LogP) is 2.68. The van der Waals surface area contributed by atoms with Gasteiger partial charge in [-0.15, -0.1) is 24.8 Å². The van der Waals surface area contributed by atoms with Crippen molar-refractivity contribution in [1.82, 2.24) is 10.6 Å². The first kappa shape index (κ1) is 22.0. The van der Waals surface area contributed by atoms with Crippen LogP contribution in [0.3, 0.4) is 0 Å². The SMILES string of the molecule is CC(NC(=O)[C@H]1NCCO[C@@H]1C)c1cccc(N2CCCC2)c1.Cl.Cl. The van der Waals surface area contributed by atoms with Crippen molar-refractivity contribution < 1.29 is 9.53 Å². The first-order valence-corrected chi connectivity index (χ1v) is 8.65. The molecular weight excluding hydrogens is 361 g/mol. The van der Waals surface area contributed by atoms with E-state index in [-0.39, 0.29) is 48.9 Å². The number of amides is 1. The van der Waals surface area contributed by atoms with Crippen LogP contribution in [0.1, 0.15) is 38.3 Å². The molecule has 1 amide bonds. The third-order valence-electron chi connectivity index (χ3n) is 4.80. The number of carbonyl (C=O) groups is 1. The zero-order chi connectivity index (χ0) is 16.2. The van der Waals surface area contributed by atoms with Gasteiger partial charge in [-0.05, 0) is 44.4 Å². The number of morpholine rings is 1. The van der Waals surface area contributed by atoms with Gasteiger partial charge in [-0.25, -0.2) is 0 Å². The fourth-order valence-electron chi connectivity index (χ4n) is 3.38. The van der Waals surface area contributed by atoms with Crippen molar-refractivity contribution in [3.8, 4) is 0 Å². The van der Waals surface area contributed by atoms with Gasteiger partial charge in [-0.1, -0.05) is 12.1 Å². The van der Waals surface area contributed by atoms with E-state index >= 15 is 0 Å². The highest BCUT2D eigenvalue weighted by atomic mass is 35.5. The zero-order valence-corrected chi connectivity index (χ0v) is 16.5. The lowest BCUT2D eigenvalue weighted by molar-refractivity contribution is -0.129. The van der Waals surface area contributed by atoms with Gasteiger partial charge in [0, 0.05) is 25.3 Å². The third kappa shape index (κ3) is 5.48. The summed E-state index contributed by atoms with van der Waals surface area (Å²) in [5.74, 6) is 0.0104. The summed E-state index contributed by atoms with van der Waals surface area (Å²) in [7, 11) is 0. The van der Waals surface area contributed by atoms with Gasteiger partial charge in [0.25, 0.3) is 0 Å². The van der Waals surface area contributed by atoms with Crippen LogP contribution in [-0.4, -0.2) is 44.3 Å². The fourth-order valence-corrected chi connectivity index (χ4v) is 3.38. The van der Waals surface area contributed by atoms with Gasteiger partial charge in [0.2, 0.25) is 5.91 Å². The van der Waals surface area contributed by atoms with Crippen molar-refractivity contribution in [3.63, 3.8) is 0 Å². The number of ether oxygens (including phenoxy) is 1. The molecule has 2 saturated heterocycles. The molecule has 2 N–H and O–H groups in total. The Kier molecular flexibility index (Phi) is 9.00. The van der Waals surface area contributed by atoms with Crippen molar-refractivity contribution in [2.24, 2.45) is 0 Å². The summed E-state index contributed by atoms with van der Waals surface area (Å²) in [6.07, 6.45) is 2.44. The Morgan fingerprint density at radius 2 is 2.04 bits per heavy atom. The average Bonchev–Trinajstić information content (AvgIpc) is 3.10. The van der Waals surface area contributed by atoms with Crippen LogP contribution in [-0.2, 0) is 9.53 Å². The number of hydrogen-bond acceptors (Lipinski definition) is 4. The Hall–Kier alpha value is -1.01. The van der Waals surface area contributed by atoms with Gasteiger partial charge < -0.3 is 20.3 Å². The minimum absolute atomic E-state index is 0. The molecule has 1 aromatic carbocycles. The molecule has 5 nitrogen and oxygen atoms in total. The standard InChI is InChI=1S/C18H27N3O2.2ClH/c1-13(20-18(22)17-14(2)23-11-8-19-17)15-6-5-7-16(12-15)21-9-3-4-10-21;;/h5-7,12-14,17,19H,3-4,8-11H2,1-2H3,(H,20,22);2*1H/t13?,14-,17+;;/m1../s1. The Morgan fingerprint density at radius 1 is 1.32 bits per heavy atom. The molecule has 0 spiro atoms. The molecule has 2 heterocycles. The number of halogens is 2. The highest BCUT2D eigenvalue weighted by Gasteiger charge is 2.29. The molecule has 0 radical (unpaired) electrons. The van der Waals surface area contributed by atoms with Crippen molar-refractivity contribution in [2.45, 2.75) is 44.9 Å². The van der Waals surface area contributed by atoms with Gasteiger partial charge in [-0.3, -0.25) is 4.79 Å². The Bertz CT molecular complexity index is 553. The summed E-state index contributed by atoms with van der Waals surface area (Å²) >= 11 is 0. The molecule has 7 heteroatoms. The number of benzene rings is 1. The van der Waals surface area contributed by atoms with Crippen LogP contribution in [0, 0.1) is 0 Å². The van der Waals surface area contributed by atoms with Crippen molar-refractivity contribution in [1.29, 1.82) is 0 Å². The van der Waals surface area contributed by atoms with E-state index in [4.69, 9.17) is 4.74 Å². The first-order chi connectivity index (χ1) is 11.1. The Balaban J connectivity index is 0.00000156. The van der Waals surface area contributed by atoms with Crippen molar-refractivity contribution in [2.75, 3.05) is 31.1 Å². The molecule has 0 aromatic heterocycles. The van der Waals surface area contributed by atoms with Gasteiger partial charge in [-0.2, -0.15) is 0 Å². The van der Waals surface area contributed by atoms with E-state index in [2.05, 4.69) is 39.8 Å².